The van der Waals surface area contributed by atoms with Crippen LogP contribution >= 0.6 is 0 Å². The van der Waals surface area contributed by atoms with Crippen molar-refractivity contribution in [2.45, 2.75) is 24.7 Å². The number of aliphatic hydroxyl groups excluding tert-OH is 1. The van der Waals surface area contributed by atoms with Crippen molar-refractivity contribution in [3.8, 4) is 0 Å². The van der Waals surface area contributed by atoms with Gasteiger partial charge in [0.1, 0.15) is 0 Å². The van der Waals surface area contributed by atoms with Gasteiger partial charge in [0, 0.05) is 12.3 Å². The van der Waals surface area contributed by atoms with Crippen molar-refractivity contribution in [2.24, 2.45) is 0 Å². The molecule has 2 aromatic rings. The number of sulfonamides is 1. The van der Waals surface area contributed by atoms with Crippen LogP contribution in [0.1, 0.15) is 18.1 Å². The van der Waals surface area contributed by atoms with Gasteiger partial charge >= 0.3 is 0 Å². The fourth-order valence-electron chi connectivity index (χ4n) is 2.07. The number of aryl methyl sites for hydroxylation is 1. The van der Waals surface area contributed by atoms with E-state index in [0.29, 0.717) is 12.1 Å². The maximum Gasteiger partial charge on any atom is 0.261 e. The van der Waals surface area contributed by atoms with Crippen molar-refractivity contribution in [2.75, 3.05) is 11.3 Å². The summed E-state index contributed by atoms with van der Waals surface area (Å²) in [7, 11) is -3.59. The van der Waals surface area contributed by atoms with Crippen LogP contribution in [0, 0.1) is 0 Å². The highest BCUT2D eigenvalue weighted by molar-refractivity contribution is 7.92. The molecular weight excluding hydrogens is 286 g/mol. The molecule has 21 heavy (non-hydrogen) atoms. The van der Waals surface area contributed by atoms with Crippen molar-refractivity contribution < 1.29 is 13.5 Å². The summed E-state index contributed by atoms with van der Waals surface area (Å²) >= 11 is 0. The van der Waals surface area contributed by atoms with Crippen LogP contribution in [0.3, 0.4) is 0 Å². The number of nitrogens with one attached hydrogen (secondary N) is 1. The summed E-state index contributed by atoms with van der Waals surface area (Å²) < 4.78 is 27.3. The van der Waals surface area contributed by atoms with Crippen LogP contribution < -0.4 is 4.72 Å². The molecule has 0 bridgehead atoms. The van der Waals surface area contributed by atoms with Gasteiger partial charge < -0.3 is 5.11 Å². The summed E-state index contributed by atoms with van der Waals surface area (Å²) in [4.78, 5) is 0.259. The van der Waals surface area contributed by atoms with Crippen LogP contribution in [0.15, 0.2) is 53.4 Å². The van der Waals surface area contributed by atoms with Crippen LogP contribution in [-0.2, 0) is 22.9 Å². The van der Waals surface area contributed by atoms with Gasteiger partial charge in [0.25, 0.3) is 10.0 Å². The summed E-state index contributed by atoms with van der Waals surface area (Å²) in [5.74, 6) is 0. The lowest BCUT2D eigenvalue weighted by molar-refractivity contribution is 0.299. The third kappa shape index (κ3) is 4.06. The van der Waals surface area contributed by atoms with Gasteiger partial charge in [-0.25, -0.2) is 8.42 Å². The van der Waals surface area contributed by atoms with Gasteiger partial charge in [-0.2, -0.15) is 0 Å². The lowest BCUT2D eigenvalue weighted by Gasteiger charge is -2.10. The maximum atomic E-state index is 12.4. The molecule has 0 saturated heterocycles. The minimum Gasteiger partial charge on any atom is -0.396 e. The average molecular weight is 305 g/mol. The minimum absolute atomic E-state index is 0.0365. The summed E-state index contributed by atoms with van der Waals surface area (Å²) in [6.07, 6.45) is 1.29. The molecule has 0 saturated carbocycles. The fraction of sp³-hybridized carbons (Fsp3) is 0.250. The molecule has 2 aromatic carbocycles. The number of benzene rings is 2. The zero-order valence-electron chi connectivity index (χ0n) is 11.9. The van der Waals surface area contributed by atoms with E-state index in [2.05, 4.69) is 4.72 Å². The molecule has 0 aliphatic rings. The molecule has 112 valence electrons. The second-order valence-electron chi connectivity index (χ2n) is 4.78. The number of hydrogen-bond acceptors (Lipinski definition) is 3. The standard InChI is InChI=1S/C16H19NO3S/c1-2-13-5-4-8-16(12-13)21(19,20)17-15-7-3-6-14(11-15)9-10-18/h3-8,11-12,17-18H,2,9-10H2,1H3. The molecule has 0 aliphatic heterocycles. The lowest BCUT2D eigenvalue weighted by atomic mass is 10.1. The molecule has 0 spiro atoms. The lowest BCUT2D eigenvalue weighted by Crippen LogP contribution is -2.13. The molecule has 0 amide bonds. The minimum atomic E-state index is -3.59. The van der Waals surface area contributed by atoms with Crippen LogP contribution in [0.5, 0.6) is 0 Å². The maximum absolute atomic E-state index is 12.4. The Kier molecular flexibility index (Phi) is 4.98. The Morgan fingerprint density at radius 3 is 2.48 bits per heavy atom. The third-order valence-corrected chi connectivity index (χ3v) is 4.58. The Morgan fingerprint density at radius 2 is 1.76 bits per heavy atom. The highest BCUT2D eigenvalue weighted by Gasteiger charge is 2.14. The van der Waals surface area contributed by atoms with Gasteiger partial charge in [-0.05, 0) is 48.2 Å². The molecule has 2 rings (SSSR count). The smallest absolute Gasteiger partial charge is 0.261 e. The fourth-order valence-corrected chi connectivity index (χ4v) is 3.19. The summed E-state index contributed by atoms with van der Waals surface area (Å²) in [6, 6.07) is 14.0. The Bertz CT molecular complexity index is 711. The number of rotatable bonds is 6. The number of hydrogen-bond donors (Lipinski definition) is 2. The number of anilines is 1. The van der Waals surface area contributed by atoms with Gasteiger partial charge in [0.2, 0.25) is 0 Å². The van der Waals surface area contributed by atoms with Gasteiger partial charge in [0.15, 0.2) is 0 Å². The molecule has 0 aliphatic carbocycles. The average Bonchev–Trinajstić information content (AvgIpc) is 2.47. The zero-order chi connectivity index (χ0) is 15.3. The third-order valence-electron chi connectivity index (χ3n) is 3.20. The van der Waals surface area contributed by atoms with E-state index in [9.17, 15) is 8.42 Å². The quantitative estimate of drug-likeness (QED) is 0.862. The van der Waals surface area contributed by atoms with E-state index < -0.39 is 10.0 Å². The Balaban J connectivity index is 2.26. The van der Waals surface area contributed by atoms with Gasteiger partial charge in [-0.3, -0.25) is 4.72 Å². The monoisotopic (exact) mass is 305 g/mol. The molecule has 0 atom stereocenters. The summed E-state index contributed by atoms with van der Waals surface area (Å²) in [6.45, 7) is 2.02. The highest BCUT2D eigenvalue weighted by Crippen LogP contribution is 2.18. The summed E-state index contributed by atoms with van der Waals surface area (Å²) in [5, 5.41) is 8.94. The molecule has 0 fully saturated rings. The van der Waals surface area contributed by atoms with Crippen LogP contribution in [0.25, 0.3) is 0 Å². The predicted molar refractivity (Wildman–Crippen MR) is 83.9 cm³/mol. The zero-order valence-corrected chi connectivity index (χ0v) is 12.7. The van der Waals surface area contributed by atoms with Crippen molar-refractivity contribution in [3.05, 3.63) is 59.7 Å². The predicted octanol–water partition coefficient (Wildman–Crippen LogP) is 2.58. The van der Waals surface area contributed by atoms with Crippen LogP contribution in [0.2, 0.25) is 0 Å². The van der Waals surface area contributed by atoms with Crippen LogP contribution in [0.4, 0.5) is 5.69 Å². The van der Waals surface area contributed by atoms with E-state index in [4.69, 9.17) is 5.11 Å². The molecule has 0 heterocycles. The normalized spacial score (nSPS) is 11.3. The van der Waals surface area contributed by atoms with Gasteiger partial charge in [0.05, 0.1) is 4.90 Å². The SMILES string of the molecule is CCc1cccc(S(=O)(=O)Nc2cccc(CCO)c2)c1. The van der Waals surface area contributed by atoms with E-state index in [-0.39, 0.29) is 11.5 Å². The van der Waals surface area contributed by atoms with Crippen molar-refractivity contribution in [1.82, 2.24) is 0 Å². The van der Waals surface area contributed by atoms with E-state index in [1.165, 1.54) is 0 Å². The molecule has 4 nitrogen and oxygen atoms in total. The molecule has 0 aromatic heterocycles. The van der Waals surface area contributed by atoms with Crippen molar-refractivity contribution in [1.29, 1.82) is 0 Å². The second-order valence-corrected chi connectivity index (χ2v) is 6.46. The van der Waals surface area contributed by atoms with E-state index in [1.807, 2.05) is 19.1 Å². The van der Waals surface area contributed by atoms with Gasteiger partial charge in [-0.1, -0.05) is 31.2 Å². The first-order chi connectivity index (χ1) is 10.0. The van der Waals surface area contributed by atoms with Gasteiger partial charge in [-0.15, -0.1) is 0 Å². The largest absolute Gasteiger partial charge is 0.396 e. The highest BCUT2D eigenvalue weighted by atomic mass is 32.2. The first-order valence-corrected chi connectivity index (χ1v) is 8.35. The topological polar surface area (TPSA) is 66.4 Å². The van der Waals surface area contributed by atoms with E-state index in [0.717, 1.165) is 17.5 Å². The van der Waals surface area contributed by atoms with Crippen molar-refractivity contribution >= 4 is 15.7 Å². The Labute approximate surface area is 125 Å². The summed E-state index contributed by atoms with van der Waals surface area (Å²) in [5.41, 5.74) is 2.37. The molecule has 0 radical (unpaired) electrons. The van der Waals surface area contributed by atoms with E-state index in [1.54, 1.807) is 36.4 Å². The second kappa shape index (κ2) is 6.74. The van der Waals surface area contributed by atoms with E-state index >= 15 is 0 Å². The number of aliphatic hydroxyl groups is 1. The molecule has 0 unspecified atom stereocenters. The first-order valence-electron chi connectivity index (χ1n) is 6.86. The molecule has 5 heteroatoms. The Hall–Kier alpha value is -1.85. The Morgan fingerprint density at radius 1 is 1.05 bits per heavy atom. The van der Waals surface area contributed by atoms with Crippen LogP contribution in [-0.4, -0.2) is 20.1 Å². The first kappa shape index (κ1) is 15.5. The van der Waals surface area contributed by atoms with Crippen molar-refractivity contribution in [3.63, 3.8) is 0 Å². The molecular formula is C16H19NO3S. The molecule has 2 N–H and O–H groups in total.